The first kappa shape index (κ1) is 16.0. The molecule has 0 bridgehead atoms. The van der Waals surface area contributed by atoms with Crippen LogP contribution < -0.4 is 4.72 Å². The number of aliphatic hydroxyl groups excluding tert-OH is 1. The first-order chi connectivity index (χ1) is 8.81. The van der Waals surface area contributed by atoms with E-state index in [1.54, 1.807) is 0 Å². The summed E-state index contributed by atoms with van der Waals surface area (Å²) in [6, 6.07) is 1.55. The summed E-state index contributed by atoms with van der Waals surface area (Å²) < 4.78 is 43.1. The molecule has 0 spiro atoms. The number of aliphatic hydroxyl groups is 1. The SMILES string of the molecule is COC(=O)C(CO)NS(=O)(=O)c1ccc(F)cc1Br. The fourth-order valence-electron chi connectivity index (χ4n) is 1.25. The summed E-state index contributed by atoms with van der Waals surface area (Å²) in [6.45, 7) is -0.759. The minimum atomic E-state index is -4.10. The van der Waals surface area contributed by atoms with Crippen molar-refractivity contribution < 1.29 is 27.4 Å². The molecule has 0 amide bonds. The molecule has 0 aliphatic heterocycles. The van der Waals surface area contributed by atoms with Gasteiger partial charge in [-0.15, -0.1) is 0 Å². The molecule has 0 radical (unpaired) electrons. The molecule has 106 valence electrons. The van der Waals surface area contributed by atoms with Crippen molar-refractivity contribution in [1.82, 2.24) is 4.72 Å². The molecule has 19 heavy (non-hydrogen) atoms. The highest BCUT2D eigenvalue weighted by Gasteiger charge is 2.27. The van der Waals surface area contributed by atoms with Gasteiger partial charge < -0.3 is 9.84 Å². The minimum absolute atomic E-state index is 0.00144. The summed E-state index contributed by atoms with van der Waals surface area (Å²) >= 11 is 2.91. The van der Waals surface area contributed by atoms with Crippen LogP contribution in [0.2, 0.25) is 0 Å². The molecule has 6 nitrogen and oxygen atoms in total. The fourth-order valence-corrected chi connectivity index (χ4v) is 3.47. The number of halogens is 2. The highest BCUT2D eigenvalue weighted by Crippen LogP contribution is 2.22. The molecule has 0 aliphatic carbocycles. The third-order valence-corrected chi connectivity index (χ3v) is 4.60. The number of benzene rings is 1. The fraction of sp³-hybridized carbons (Fsp3) is 0.300. The highest BCUT2D eigenvalue weighted by atomic mass is 79.9. The van der Waals surface area contributed by atoms with Gasteiger partial charge in [-0.05, 0) is 34.1 Å². The smallest absolute Gasteiger partial charge is 0.326 e. The van der Waals surface area contributed by atoms with E-state index in [0.717, 1.165) is 25.3 Å². The van der Waals surface area contributed by atoms with Gasteiger partial charge in [-0.3, -0.25) is 4.79 Å². The molecule has 2 N–H and O–H groups in total. The van der Waals surface area contributed by atoms with E-state index in [1.165, 1.54) is 0 Å². The van der Waals surface area contributed by atoms with Crippen LogP contribution in [-0.2, 0) is 19.6 Å². The third kappa shape index (κ3) is 3.96. The predicted octanol–water partition coefficient (Wildman–Crippen LogP) is 0.400. The summed E-state index contributed by atoms with van der Waals surface area (Å²) in [7, 11) is -3.04. The Bertz CT molecular complexity index is 577. The van der Waals surface area contributed by atoms with E-state index in [0.29, 0.717) is 0 Å². The molecular weight excluding hydrogens is 345 g/mol. The molecule has 1 atom stereocenters. The zero-order chi connectivity index (χ0) is 14.6. The molecule has 0 aromatic heterocycles. The maximum Gasteiger partial charge on any atom is 0.326 e. The van der Waals surface area contributed by atoms with Crippen LogP contribution >= 0.6 is 15.9 Å². The number of esters is 1. The summed E-state index contributed by atoms with van der Waals surface area (Å²) in [5, 5.41) is 8.95. The number of methoxy groups -OCH3 is 1. The quantitative estimate of drug-likeness (QED) is 0.745. The molecule has 0 saturated carbocycles. The average molecular weight is 356 g/mol. The van der Waals surface area contributed by atoms with Crippen LogP contribution in [0.5, 0.6) is 0 Å². The number of carbonyl (C=O) groups is 1. The van der Waals surface area contributed by atoms with Gasteiger partial charge in [0.15, 0.2) is 0 Å². The Balaban J connectivity index is 3.07. The minimum Gasteiger partial charge on any atom is -0.468 e. The molecule has 0 aliphatic rings. The number of nitrogens with one attached hydrogen (secondary N) is 1. The first-order valence-corrected chi connectivity index (χ1v) is 7.25. The number of ether oxygens (including phenoxy) is 1. The van der Waals surface area contributed by atoms with Crippen LogP contribution in [0.4, 0.5) is 4.39 Å². The molecule has 0 saturated heterocycles. The molecule has 1 aromatic carbocycles. The van der Waals surface area contributed by atoms with Crippen molar-refractivity contribution in [2.75, 3.05) is 13.7 Å². The number of carbonyl (C=O) groups excluding carboxylic acids is 1. The van der Waals surface area contributed by atoms with E-state index >= 15 is 0 Å². The van der Waals surface area contributed by atoms with Gasteiger partial charge in [0.25, 0.3) is 0 Å². The van der Waals surface area contributed by atoms with E-state index in [2.05, 4.69) is 20.7 Å². The van der Waals surface area contributed by atoms with Gasteiger partial charge in [-0.25, -0.2) is 12.8 Å². The Morgan fingerprint density at radius 1 is 1.58 bits per heavy atom. The maximum atomic E-state index is 12.9. The lowest BCUT2D eigenvalue weighted by Gasteiger charge is -2.14. The first-order valence-electron chi connectivity index (χ1n) is 4.98. The molecule has 1 rings (SSSR count). The molecule has 0 fully saturated rings. The van der Waals surface area contributed by atoms with Crippen LogP contribution in [0.15, 0.2) is 27.6 Å². The summed E-state index contributed by atoms with van der Waals surface area (Å²) in [5.74, 6) is -1.54. The van der Waals surface area contributed by atoms with Gasteiger partial charge in [0.2, 0.25) is 10.0 Å². The molecular formula is C10H11BrFNO5S. The lowest BCUT2D eigenvalue weighted by atomic mass is 10.3. The van der Waals surface area contributed by atoms with Crippen molar-refractivity contribution in [2.45, 2.75) is 10.9 Å². The molecule has 0 heterocycles. The van der Waals surface area contributed by atoms with E-state index < -0.39 is 34.5 Å². The Kier molecular flexibility index (Phi) is 5.41. The highest BCUT2D eigenvalue weighted by molar-refractivity contribution is 9.10. The predicted molar refractivity (Wildman–Crippen MR) is 67.3 cm³/mol. The van der Waals surface area contributed by atoms with Crippen LogP contribution in [0, 0.1) is 5.82 Å². The van der Waals surface area contributed by atoms with E-state index in [1.807, 2.05) is 4.72 Å². The number of hydrogen-bond acceptors (Lipinski definition) is 5. The van der Waals surface area contributed by atoms with Crippen LogP contribution in [0.25, 0.3) is 0 Å². The number of sulfonamides is 1. The van der Waals surface area contributed by atoms with Crippen molar-refractivity contribution in [3.63, 3.8) is 0 Å². The molecule has 9 heteroatoms. The molecule has 1 unspecified atom stereocenters. The second-order valence-corrected chi connectivity index (χ2v) is 5.99. The van der Waals surface area contributed by atoms with Crippen LogP contribution in [0.3, 0.4) is 0 Å². The second-order valence-electron chi connectivity index (χ2n) is 3.45. The van der Waals surface area contributed by atoms with Crippen molar-refractivity contribution in [2.24, 2.45) is 0 Å². The van der Waals surface area contributed by atoms with Crippen LogP contribution in [-0.4, -0.2) is 39.3 Å². The van der Waals surface area contributed by atoms with Crippen molar-refractivity contribution in [3.8, 4) is 0 Å². The van der Waals surface area contributed by atoms with Gasteiger partial charge in [-0.1, -0.05) is 0 Å². The summed E-state index contributed by atoms with van der Waals surface area (Å²) in [5.41, 5.74) is 0. The lowest BCUT2D eigenvalue weighted by molar-refractivity contribution is -0.143. The zero-order valence-electron chi connectivity index (χ0n) is 9.76. The maximum absolute atomic E-state index is 12.9. The van der Waals surface area contributed by atoms with E-state index in [9.17, 15) is 17.6 Å². The largest absolute Gasteiger partial charge is 0.468 e. The topological polar surface area (TPSA) is 92.7 Å². The molecule has 1 aromatic rings. The second kappa shape index (κ2) is 6.42. The van der Waals surface area contributed by atoms with Crippen molar-refractivity contribution in [3.05, 3.63) is 28.5 Å². The number of hydrogen-bond donors (Lipinski definition) is 2. The van der Waals surface area contributed by atoms with Gasteiger partial charge in [0.05, 0.1) is 18.6 Å². The Morgan fingerprint density at radius 2 is 2.21 bits per heavy atom. The zero-order valence-corrected chi connectivity index (χ0v) is 12.2. The van der Waals surface area contributed by atoms with Crippen molar-refractivity contribution in [1.29, 1.82) is 0 Å². The normalized spacial score (nSPS) is 13.1. The van der Waals surface area contributed by atoms with Gasteiger partial charge in [0, 0.05) is 4.47 Å². The summed E-state index contributed by atoms with van der Waals surface area (Å²) in [4.78, 5) is 11.0. The summed E-state index contributed by atoms with van der Waals surface area (Å²) in [6.07, 6.45) is 0. The Labute approximate surface area is 117 Å². The van der Waals surface area contributed by atoms with Gasteiger partial charge in [-0.2, -0.15) is 4.72 Å². The van der Waals surface area contributed by atoms with Crippen LogP contribution in [0.1, 0.15) is 0 Å². The van der Waals surface area contributed by atoms with E-state index in [-0.39, 0.29) is 9.37 Å². The monoisotopic (exact) mass is 355 g/mol. The lowest BCUT2D eigenvalue weighted by Crippen LogP contribution is -2.44. The van der Waals surface area contributed by atoms with Gasteiger partial charge >= 0.3 is 5.97 Å². The Morgan fingerprint density at radius 3 is 2.68 bits per heavy atom. The Hall–Kier alpha value is -1.03. The van der Waals surface area contributed by atoms with E-state index in [4.69, 9.17) is 5.11 Å². The third-order valence-electron chi connectivity index (χ3n) is 2.15. The number of rotatable bonds is 5. The standard InChI is InChI=1S/C10H11BrFNO5S/c1-18-10(15)8(5-14)13-19(16,17)9-3-2-6(12)4-7(9)11/h2-4,8,13-14H,5H2,1H3. The van der Waals surface area contributed by atoms with Crippen molar-refractivity contribution >= 4 is 31.9 Å². The van der Waals surface area contributed by atoms with Gasteiger partial charge in [0.1, 0.15) is 11.9 Å². The average Bonchev–Trinajstić information content (AvgIpc) is 2.34.